The smallest absolute Gasteiger partial charge is 0.193 e. The first-order chi connectivity index (χ1) is 11.7. The lowest BCUT2D eigenvalue weighted by atomic mass is 10.3. The number of hydrogen-bond acceptors (Lipinski definition) is 3. The molecule has 0 atom stereocenters. The Kier molecular flexibility index (Phi) is 10.8. The SMILES string of the molecule is CN=C(NCCCOc1ccc(F)cc1)N(C)CCOCC1CC1.I. The largest absolute Gasteiger partial charge is 0.494 e. The molecule has 142 valence electrons. The second kappa shape index (κ2) is 12.3. The summed E-state index contributed by atoms with van der Waals surface area (Å²) in [5.74, 6) is 2.09. The third kappa shape index (κ3) is 9.25. The van der Waals surface area contributed by atoms with Crippen molar-refractivity contribution < 1.29 is 13.9 Å². The summed E-state index contributed by atoms with van der Waals surface area (Å²) in [5, 5.41) is 3.31. The molecule has 1 N–H and O–H groups in total. The Balaban J connectivity index is 0.00000312. The van der Waals surface area contributed by atoms with E-state index in [2.05, 4.69) is 15.2 Å². The molecule has 0 saturated heterocycles. The van der Waals surface area contributed by atoms with Crippen LogP contribution in [0.15, 0.2) is 29.3 Å². The number of guanidine groups is 1. The zero-order valence-corrected chi connectivity index (χ0v) is 17.4. The fourth-order valence-electron chi connectivity index (χ4n) is 2.22. The van der Waals surface area contributed by atoms with Crippen molar-refractivity contribution in [1.82, 2.24) is 10.2 Å². The summed E-state index contributed by atoms with van der Waals surface area (Å²) in [4.78, 5) is 6.34. The normalized spacial score (nSPS) is 14.0. The van der Waals surface area contributed by atoms with Gasteiger partial charge in [-0.2, -0.15) is 0 Å². The highest BCUT2D eigenvalue weighted by atomic mass is 127. The molecule has 2 rings (SSSR count). The fourth-order valence-corrected chi connectivity index (χ4v) is 2.22. The maximum atomic E-state index is 12.8. The first kappa shape index (κ1) is 22.0. The molecule has 0 radical (unpaired) electrons. The average Bonchev–Trinajstić information content (AvgIpc) is 3.41. The number of nitrogens with zero attached hydrogens (tertiary/aromatic N) is 2. The third-order valence-corrected chi connectivity index (χ3v) is 3.88. The molecule has 0 aromatic heterocycles. The van der Waals surface area contributed by atoms with Crippen LogP contribution in [0.3, 0.4) is 0 Å². The highest BCUT2D eigenvalue weighted by Crippen LogP contribution is 2.28. The Morgan fingerprint density at radius 1 is 1.28 bits per heavy atom. The number of hydrogen-bond donors (Lipinski definition) is 1. The lowest BCUT2D eigenvalue weighted by Gasteiger charge is -2.22. The first-order valence-electron chi connectivity index (χ1n) is 8.57. The van der Waals surface area contributed by atoms with Gasteiger partial charge in [-0.1, -0.05) is 0 Å². The highest BCUT2D eigenvalue weighted by molar-refractivity contribution is 14.0. The van der Waals surface area contributed by atoms with Crippen LogP contribution < -0.4 is 10.1 Å². The summed E-state index contributed by atoms with van der Waals surface area (Å²) in [6, 6.07) is 6.07. The topological polar surface area (TPSA) is 46.1 Å². The van der Waals surface area contributed by atoms with E-state index in [0.29, 0.717) is 12.4 Å². The molecule has 0 bridgehead atoms. The number of likely N-dealkylation sites (N-methyl/N-ethyl adjacent to an activating group) is 1. The van der Waals surface area contributed by atoms with Crippen molar-refractivity contribution in [3.63, 3.8) is 0 Å². The van der Waals surface area contributed by atoms with Gasteiger partial charge in [-0.3, -0.25) is 4.99 Å². The number of rotatable bonds is 10. The summed E-state index contributed by atoms with van der Waals surface area (Å²) >= 11 is 0. The molecule has 1 aromatic rings. The zero-order valence-electron chi connectivity index (χ0n) is 15.0. The first-order valence-corrected chi connectivity index (χ1v) is 8.57. The molecule has 0 amide bonds. The van der Waals surface area contributed by atoms with Crippen molar-refractivity contribution in [2.75, 3.05) is 47.0 Å². The monoisotopic (exact) mass is 465 g/mol. The summed E-state index contributed by atoms with van der Waals surface area (Å²) in [6.07, 6.45) is 3.47. The van der Waals surface area contributed by atoms with Gasteiger partial charge in [-0.05, 0) is 49.4 Å². The molecular formula is C18H29FIN3O2. The highest BCUT2D eigenvalue weighted by Gasteiger charge is 2.21. The number of halogens is 2. The Labute approximate surface area is 167 Å². The summed E-state index contributed by atoms with van der Waals surface area (Å²) in [6.45, 7) is 3.77. The van der Waals surface area contributed by atoms with Gasteiger partial charge >= 0.3 is 0 Å². The van der Waals surface area contributed by atoms with Gasteiger partial charge in [-0.25, -0.2) is 4.39 Å². The molecule has 1 saturated carbocycles. The standard InChI is InChI=1S/C18H28FN3O2.HI/c1-20-18(22(2)11-13-23-14-15-4-5-15)21-10-3-12-24-17-8-6-16(19)7-9-17;/h6-9,15H,3-5,10-14H2,1-2H3,(H,20,21);1H. The predicted octanol–water partition coefficient (Wildman–Crippen LogP) is 3.15. The van der Waals surface area contributed by atoms with Crippen LogP contribution in [0.2, 0.25) is 0 Å². The molecule has 1 aromatic carbocycles. The van der Waals surface area contributed by atoms with Crippen LogP contribution in [0.1, 0.15) is 19.3 Å². The number of benzene rings is 1. The minimum Gasteiger partial charge on any atom is -0.494 e. The van der Waals surface area contributed by atoms with E-state index in [1.165, 1.54) is 25.0 Å². The van der Waals surface area contributed by atoms with Crippen LogP contribution in [-0.2, 0) is 4.74 Å². The van der Waals surface area contributed by atoms with Gasteiger partial charge in [0, 0.05) is 33.8 Å². The molecule has 25 heavy (non-hydrogen) atoms. The van der Waals surface area contributed by atoms with Crippen molar-refractivity contribution in [2.45, 2.75) is 19.3 Å². The van der Waals surface area contributed by atoms with Crippen molar-refractivity contribution in [3.05, 3.63) is 30.1 Å². The van der Waals surface area contributed by atoms with E-state index >= 15 is 0 Å². The molecular weight excluding hydrogens is 436 g/mol. The molecule has 7 heteroatoms. The van der Waals surface area contributed by atoms with E-state index in [1.54, 1.807) is 19.2 Å². The van der Waals surface area contributed by atoms with Gasteiger partial charge in [-0.15, -0.1) is 24.0 Å². The maximum absolute atomic E-state index is 12.8. The summed E-state index contributed by atoms with van der Waals surface area (Å²) in [5.41, 5.74) is 0. The van der Waals surface area contributed by atoms with E-state index < -0.39 is 0 Å². The van der Waals surface area contributed by atoms with E-state index in [1.807, 2.05) is 7.05 Å². The minimum absolute atomic E-state index is 0. The Bertz CT molecular complexity index is 510. The van der Waals surface area contributed by atoms with Crippen molar-refractivity contribution in [1.29, 1.82) is 0 Å². The van der Waals surface area contributed by atoms with E-state index in [-0.39, 0.29) is 29.8 Å². The van der Waals surface area contributed by atoms with Crippen LogP contribution >= 0.6 is 24.0 Å². The number of ether oxygens (including phenoxy) is 2. The van der Waals surface area contributed by atoms with Gasteiger partial charge in [0.05, 0.1) is 13.2 Å². The average molecular weight is 465 g/mol. The maximum Gasteiger partial charge on any atom is 0.193 e. The van der Waals surface area contributed by atoms with Crippen molar-refractivity contribution in [2.24, 2.45) is 10.9 Å². The Morgan fingerprint density at radius 2 is 2.00 bits per heavy atom. The second-order valence-electron chi connectivity index (χ2n) is 6.07. The Hall–Kier alpha value is -1.09. The van der Waals surface area contributed by atoms with Crippen molar-refractivity contribution >= 4 is 29.9 Å². The zero-order chi connectivity index (χ0) is 17.2. The fraction of sp³-hybridized carbons (Fsp3) is 0.611. The van der Waals surface area contributed by atoms with Gasteiger partial charge in [0.25, 0.3) is 0 Å². The van der Waals surface area contributed by atoms with E-state index in [0.717, 1.165) is 44.6 Å². The van der Waals surface area contributed by atoms with E-state index in [9.17, 15) is 4.39 Å². The molecule has 1 fully saturated rings. The van der Waals surface area contributed by atoms with Crippen LogP contribution in [0.4, 0.5) is 4.39 Å². The van der Waals surface area contributed by atoms with Gasteiger partial charge < -0.3 is 19.7 Å². The van der Waals surface area contributed by atoms with Gasteiger partial charge in [0.2, 0.25) is 0 Å². The van der Waals surface area contributed by atoms with Crippen LogP contribution in [0.5, 0.6) is 5.75 Å². The molecule has 0 unspecified atom stereocenters. The molecule has 0 aliphatic heterocycles. The molecule has 0 heterocycles. The van der Waals surface area contributed by atoms with E-state index in [4.69, 9.17) is 9.47 Å². The minimum atomic E-state index is -0.253. The third-order valence-electron chi connectivity index (χ3n) is 3.88. The van der Waals surface area contributed by atoms with Crippen LogP contribution in [0.25, 0.3) is 0 Å². The van der Waals surface area contributed by atoms with Gasteiger partial charge in [0.1, 0.15) is 11.6 Å². The van der Waals surface area contributed by atoms with Crippen LogP contribution in [-0.4, -0.2) is 57.9 Å². The lowest BCUT2D eigenvalue weighted by molar-refractivity contribution is 0.115. The second-order valence-corrected chi connectivity index (χ2v) is 6.07. The van der Waals surface area contributed by atoms with Gasteiger partial charge in [0.15, 0.2) is 5.96 Å². The van der Waals surface area contributed by atoms with Crippen molar-refractivity contribution in [3.8, 4) is 5.75 Å². The molecule has 1 aliphatic rings. The predicted molar refractivity (Wildman–Crippen MR) is 109 cm³/mol. The lowest BCUT2D eigenvalue weighted by Crippen LogP contribution is -2.41. The molecule has 0 spiro atoms. The quantitative estimate of drug-likeness (QED) is 0.250. The Morgan fingerprint density at radius 3 is 2.64 bits per heavy atom. The molecule has 5 nitrogen and oxygen atoms in total. The number of nitrogens with one attached hydrogen (secondary N) is 1. The van der Waals surface area contributed by atoms with Crippen LogP contribution in [0, 0.1) is 11.7 Å². The summed E-state index contributed by atoms with van der Waals surface area (Å²) < 4.78 is 24.0. The summed E-state index contributed by atoms with van der Waals surface area (Å²) in [7, 11) is 3.78. The molecule has 1 aliphatic carbocycles. The number of aliphatic imine (C=N–C) groups is 1.